The van der Waals surface area contributed by atoms with Crippen molar-refractivity contribution in [3.8, 4) is 6.07 Å². The van der Waals surface area contributed by atoms with Gasteiger partial charge in [0.25, 0.3) is 0 Å². The molecule has 0 radical (unpaired) electrons. The van der Waals surface area contributed by atoms with Gasteiger partial charge in [-0.2, -0.15) is 9.64 Å². The summed E-state index contributed by atoms with van der Waals surface area (Å²) < 4.78 is 3.90. The second-order valence-corrected chi connectivity index (χ2v) is 5.29. The number of rotatable bonds is 4. The third-order valence-electron chi connectivity index (χ3n) is 2.52. The lowest BCUT2D eigenvalue weighted by Crippen LogP contribution is -2.14. The average molecular weight is 314 g/mol. The predicted octanol–water partition coefficient (Wildman–Crippen LogP) is 3.47. The second kappa shape index (κ2) is 6.22. The molecule has 0 fully saturated rings. The fourth-order valence-electron chi connectivity index (χ4n) is 1.55. The van der Waals surface area contributed by atoms with Gasteiger partial charge in [0.05, 0.1) is 12.6 Å². The molecule has 0 saturated carbocycles. The lowest BCUT2D eigenvalue weighted by molar-refractivity contribution is 0.276. The zero-order chi connectivity index (χ0) is 13.8. The van der Waals surface area contributed by atoms with Crippen molar-refractivity contribution < 1.29 is 5.11 Å². The molecular formula is C12H9Cl2N3OS. The molecule has 0 aliphatic heterocycles. The number of aliphatic hydroxyl groups excluding tert-OH is 1. The summed E-state index contributed by atoms with van der Waals surface area (Å²) in [6.07, 6.45) is 0. The molecule has 7 heteroatoms. The van der Waals surface area contributed by atoms with Crippen LogP contribution in [0.3, 0.4) is 0 Å². The van der Waals surface area contributed by atoms with Crippen molar-refractivity contribution >= 4 is 39.7 Å². The quantitative estimate of drug-likeness (QED) is 0.906. The van der Waals surface area contributed by atoms with Crippen LogP contribution >= 0.6 is 34.7 Å². The molecule has 1 unspecified atom stereocenters. The first-order chi connectivity index (χ1) is 9.15. The first kappa shape index (κ1) is 14.1. The van der Waals surface area contributed by atoms with Crippen LogP contribution in [0.1, 0.15) is 17.2 Å². The fraction of sp³-hybridized carbons (Fsp3) is 0.167. The number of halogens is 2. The molecule has 1 atom stereocenters. The van der Waals surface area contributed by atoms with Crippen molar-refractivity contribution in [1.82, 2.24) is 4.37 Å². The Hall–Kier alpha value is -1.32. The third-order valence-corrected chi connectivity index (χ3v) is 3.93. The molecule has 0 amide bonds. The van der Waals surface area contributed by atoms with Crippen molar-refractivity contribution in [2.24, 2.45) is 0 Å². The Labute approximate surface area is 124 Å². The van der Waals surface area contributed by atoms with Gasteiger partial charge in [-0.3, -0.25) is 0 Å². The van der Waals surface area contributed by atoms with Gasteiger partial charge in [-0.25, -0.2) is 0 Å². The largest absolute Gasteiger partial charge is 0.394 e. The predicted molar refractivity (Wildman–Crippen MR) is 76.7 cm³/mol. The van der Waals surface area contributed by atoms with E-state index in [1.54, 1.807) is 12.1 Å². The van der Waals surface area contributed by atoms with Gasteiger partial charge in [0, 0.05) is 5.02 Å². The van der Waals surface area contributed by atoms with Gasteiger partial charge in [-0.1, -0.05) is 35.3 Å². The zero-order valence-corrected chi connectivity index (χ0v) is 11.9. The van der Waals surface area contributed by atoms with E-state index < -0.39 is 0 Å². The van der Waals surface area contributed by atoms with Crippen LogP contribution in [0.15, 0.2) is 24.3 Å². The summed E-state index contributed by atoms with van der Waals surface area (Å²) in [5.41, 5.74) is 1.15. The van der Waals surface area contributed by atoms with E-state index in [-0.39, 0.29) is 17.8 Å². The molecule has 1 aromatic carbocycles. The van der Waals surface area contributed by atoms with E-state index in [0.717, 1.165) is 17.1 Å². The lowest BCUT2D eigenvalue weighted by atomic mass is 10.1. The van der Waals surface area contributed by atoms with Crippen LogP contribution in [0, 0.1) is 11.3 Å². The van der Waals surface area contributed by atoms with Gasteiger partial charge in [0.15, 0.2) is 5.15 Å². The number of aromatic nitrogens is 1. The van der Waals surface area contributed by atoms with Crippen LogP contribution in [-0.2, 0) is 0 Å². The molecule has 0 aliphatic rings. The smallest absolute Gasteiger partial charge is 0.162 e. The summed E-state index contributed by atoms with van der Waals surface area (Å²) in [7, 11) is 0. The van der Waals surface area contributed by atoms with E-state index in [1.165, 1.54) is 0 Å². The van der Waals surface area contributed by atoms with E-state index in [9.17, 15) is 5.11 Å². The van der Waals surface area contributed by atoms with Crippen LogP contribution in [0.25, 0.3) is 0 Å². The summed E-state index contributed by atoms with van der Waals surface area (Å²) in [6.45, 7) is -0.123. The number of hydrogen-bond acceptors (Lipinski definition) is 5. The van der Waals surface area contributed by atoms with Gasteiger partial charge in [-0.05, 0) is 29.2 Å². The maximum absolute atomic E-state index is 9.45. The van der Waals surface area contributed by atoms with Crippen LogP contribution in [0.2, 0.25) is 10.2 Å². The third kappa shape index (κ3) is 3.17. The van der Waals surface area contributed by atoms with Gasteiger partial charge >= 0.3 is 0 Å². The number of hydrogen-bond donors (Lipinski definition) is 2. The lowest BCUT2D eigenvalue weighted by Gasteiger charge is -2.16. The zero-order valence-electron chi connectivity index (χ0n) is 9.60. The first-order valence-corrected chi connectivity index (χ1v) is 6.86. The normalized spacial score (nSPS) is 11.9. The number of benzene rings is 1. The summed E-state index contributed by atoms with van der Waals surface area (Å²) in [5.74, 6) is 0. The monoisotopic (exact) mass is 313 g/mol. The minimum absolute atomic E-state index is 0.123. The second-order valence-electron chi connectivity index (χ2n) is 3.72. The van der Waals surface area contributed by atoms with Crippen LogP contribution in [0.4, 0.5) is 5.00 Å². The molecule has 0 spiro atoms. The molecule has 2 N–H and O–H groups in total. The number of nitrogens with one attached hydrogen (secondary N) is 1. The maximum atomic E-state index is 9.45. The Kier molecular flexibility index (Phi) is 4.61. The molecule has 4 nitrogen and oxygen atoms in total. The minimum atomic E-state index is -0.346. The molecule has 2 rings (SSSR count). The Morgan fingerprint density at radius 2 is 2.05 bits per heavy atom. The number of aliphatic hydroxyl groups is 1. The number of nitrogens with zero attached hydrogens (tertiary/aromatic N) is 2. The minimum Gasteiger partial charge on any atom is -0.394 e. The molecule has 1 heterocycles. The molecule has 0 aliphatic carbocycles. The molecule has 98 valence electrons. The number of anilines is 1. The Morgan fingerprint density at radius 3 is 2.63 bits per heavy atom. The molecular weight excluding hydrogens is 305 g/mol. The molecule has 1 aromatic heterocycles. The van der Waals surface area contributed by atoms with E-state index in [4.69, 9.17) is 28.5 Å². The van der Waals surface area contributed by atoms with Crippen molar-refractivity contribution in [3.63, 3.8) is 0 Å². The van der Waals surface area contributed by atoms with Gasteiger partial charge in [0.2, 0.25) is 0 Å². The van der Waals surface area contributed by atoms with E-state index in [1.807, 2.05) is 18.2 Å². The van der Waals surface area contributed by atoms with E-state index >= 15 is 0 Å². The standard InChI is InChI=1S/C12H9Cl2N3OS/c13-8-3-1-7(2-4-8)10(6-18)16-12-9(5-15)11(14)17-19-12/h1-4,10,16,18H,6H2. The first-order valence-electron chi connectivity index (χ1n) is 5.34. The Balaban J connectivity index is 2.24. The summed E-state index contributed by atoms with van der Waals surface area (Å²) in [5, 5.41) is 22.8. The highest BCUT2D eigenvalue weighted by Crippen LogP contribution is 2.31. The van der Waals surface area contributed by atoms with Gasteiger partial charge < -0.3 is 10.4 Å². The van der Waals surface area contributed by atoms with Crippen molar-refractivity contribution in [2.45, 2.75) is 6.04 Å². The topological polar surface area (TPSA) is 68.9 Å². The fourth-order valence-corrected chi connectivity index (χ4v) is 2.67. The van der Waals surface area contributed by atoms with Gasteiger partial charge in [0.1, 0.15) is 16.6 Å². The van der Waals surface area contributed by atoms with Gasteiger partial charge in [-0.15, -0.1) is 0 Å². The number of nitriles is 1. The van der Waals surface area contributed by atoms with E-state index in [2.05, 4.69) is 9.69 Å². The molecule has 0 bridgehead atoms. The average Bonchev–Trinajstić information content (AvgIpc) is 2.77. The van der Waals surface area contributed by atoms with Crippen LogP contribution in [-0.4, -0.2) is 16.1 Å². The Morgan fingerprint density at radius 1 is 1.37 bits per heavy atom. The summed E-state index contributed by atoms with van der Waals surface area (Å²) in [4.78, 5) is 0. The summed E-state index contributed by atoms with van der Waals surface area (Å²) >= 11 is 12.7. The van der Waals surface area contributed by atoms with Crippen LogP contribution in [0.5, 0.6) is 0 Å². The molecule has 0 saturated heterocycles. The Bertz CT molecular complexity index is 606. The van der Waals surface area contributed by atoms with Crippen molar-refractivity contribution in [2.75, 3.05) is 11.9 Å². The van der Waals surface area contributed by atoms with Crippen molar-refractivity contribution in [1.29, 1.82) is 5.26 Å². The molecule has 19 heavy (non-hydrogen) atoms. The SMILES string of the molecule is N#Cc1c(Cl)nsc1NC(CO)c1ccc(Cl)cc1. The highest BCUT2D eigenvalue weighted by Gasteiger charge is 2.17. The van der Waals surface area contributed by atoms with Crippen LogP contribution < -0.4 is 5.32 Å². The highest BCUT2D eigenvalue weighted by atomic mass is 35.5. The van der Waals surface area contributed by atoms with E-state index in [0.29, 0.717) is 15.6 Å². The maximum Gasteiger partial charge on any atom is 0.162 e. The highest BCUT2D eigenvalue weighted by molar-refractivity contribution is 7.10. The van der Waals surface area contributed by atoms with Crippen molar-refractivity contribution in [3.05, 3.63) is 45.6 Å². The summed E-state index contributed by atoms with van der Waals surface area (Å²) in [6, 6.07) is 8.74. The molecule has 2 aromatic rings.